The molecule has 0 spiro atoms. The van der Waals surface area contributed by atoms with Gasteiger partial charge in [0.15, 0.2) is 0 Å². The molecule has 1 N–H and O–H groups in total. The predicted molar refractivity (Wildman–Crippen MR) is 100 cm³/mol. The summed E-state index contributed by atoms with van der Waals surface area (Å²) in [6.07, 6.45) is 0.838. The van der Waals surface area contributed by atoms with Gasteiger partial charge >= 0.3 is 12.1 Å². The molecule has 0 atom stereocenters. The third-order valence-corrected chi connectivity index (χ3v) is 3.59. The van der Waals surface area contributed by atoms with E-state index in [-0.39, 0.29) is 18.0 Å². The van der Waals surface area contributed by atoms with Crippen molar-refractivity contribution >= 4 is 36.3 Å². The van der Waals surface area contributed by atoms with Crippen molar-refractivity contribution in [3.05, 3.63) is 48.7 Å². The molecule has 3 amide bonds. The van der Waals surface area contributed by atoms with Gasteiger partial charge in [-0.15, -0.1) is 0 Å². The Hall–Kier alpha value is -2.74. The Kier molecular flexibility index (Phi) is 6.24. The minimum Gasteiger partial charge on any atom is -0.391 e. The van der Waals surface area contributed by atoms with Crippen LogP contribution in [0.25, 0.3) is 0 Å². The second kappa shape index (κ2) is 8.39. The summed E-state index contributed by atoms with van der Waals surface area (Å²) in [6, 6.07) is 11.8. The monoisotopic (exact) mass is 360 g/mol. The zero-order valence-electron chi connectivity index (χ0n) is 14.2. The molecule has 132 valence electrons. The second-order valence-electron chi connectivity index (χ2n) is 5.53. The maximum Gasteiger partial charge on any atom is 0.420 e. The zero-order chi connectivity index (χ0) is 18.4. The SMILES string of the molecule is CC(C)NC(=O)N(S)c1ccc(OC(=O)N(C)c2ccccc2)nc1. The van der Waals surface area contributed by atoms with Crippen molar-refractivity contribution in [3.63, 3.8) is 0 Å². The van der Waals surface area contributed by atoms with Gasteiger partial charge < -0.3 is 10.1 Å². The van der Waals surface area contributed by atoms with Gasteiger partial charge in [0.1, 0.15) is 0 Å². The summed E-state index contributed by atoms with van der Waals surface area (Å²) in [6.45, 7) is 3.70. The Bertz CT molecular complexity index is 722. The van der Waals surface area contributed by atoms with Gasteiger partial charge in [-0.25, -0.2) is 18.9 Å². The average molecular weight is 360 g/mol. The Morgan fingerprint density at radius 2 is 1.80 bits per heavy atom. The van der Waals surface area contributed by atoms with Crippen LogP contribution in [0.1, 0.15) is 13.8 Å². The molecule has 0 radical (unpaired) electrons. The first kappa shape index (κ1) is 18.6. The highest BCUT2D eigenvalue weighted by Crippen LogP contribution is 2.19. The number of carbonyl (C=O) groups excluding carboxylic acids is 2. The first-order valence-corrected chi connectivity index (χ1v) is 8.04. The zero-order valence-corrected chi connectivity index (χ0v) is 15.1. The molecule has 1 aromatic heterocycles. The lowest BCUT2D eigenvalue weighted by molar-refractivity contribution is 0.207. The van der Waals surface area contributed by atoms with E-state index in [2.05, 4.69) is 23.1 Å². The highest BCUT2D eigenvalue weighted by atomic mass is 32.1. The van der Waals surface area contributed by atoms with Gasteiger partial charge in [0.2, 0.25) is 5.88 Å². The molecule has 2 rings (SSSR count). The van der Waals surface area contributed by atoms with E-state index in [1.165, 1.54) is 17.2 Å². The van der Waals surface area contributed by atoms with E-state index in [4.69, 9.17) is 4.74 Å². The highest BCUT2D eigenvalue weighted by molar-refractivity contribution is 7.82. The van der Waals surface area contributed by atoms with Crippen LogP contribution in [0.2, 0.25) is 0 Å². The van der Waals surface area contributed by atoms with Gasteiger partial charge in [0.05, 0.1) is 11.9 Å². The molecule has 0 bridgehead atoms. The summed E-state index contributed by atoms with van der Waals surface area (Å²) in [7, 11) is 1.61. The fraction of sp³-hybridized carbons (Fsp3) is 0.235. The molecular formula is C17H20N4O3S. The van der Waals surface area contributed by atoms with Crippen LogP contribution in [0.3, 0.4) is 0 Å². The predicted octanol–water partition coefficient (Wildman–Crippen LogP) is 3.49. The number of aromatic nitrogens is 1. The topological polar surface area (TPSA) is 74.8 Å². The summed E-state index contributed by atoms with van der Waals surface area (Å²) in [5.74, 6) is 0.127. The number of hydrogen-bond acceptors (Lipinski definition) is 5. The molecule has 0 fully saturated rings. The number of pyridine rings is 1. The van der Waals surface area contributed by atoms with Crippen molar-refractivity contribution < 1.29 is 14.3 Å². The largest absolute Gasteiger partial charge is 0.420 e. The summed E-state index contributed by atoms with van der Waals surface area (Å²) < 4.78 is 6.36. The van der Waals surface area contributed by atoms with Gasteiger partial charge in [-0.1, -0.05) is 31.0 Å². The molecule has 0 aliphatic carbocycles. The molecule has 0 saturated heterocycles. The van der Waals surface area contributed by atoms with Gasteiger partial charge in [0, 0.05) is 24.8 Å². The Labute approximate surface area is 152 Å². The van der Waals surface area contributed by atoms with Crippen molar-refractivity contribution in [2.24, 2.45) is 0 Å². The van der Waals surface area contributed by atoms with Crippen molar-refractivity contribution in [2.75, 3.05) is 16.3 Å². The fourth-order valence-corrected chi connectivity index (χ4v) is 2.07. The third-order valence-electron chi connectivity index (χ3n) is 3.18. The number of nitrogens with one attached hydrogen (secondary N) is 1. The van der Waals surface area contributed by atoms with Crippen LogP contribution in [0, 0.1) is 0 Å². The van der Waals surface area contributed by atoms with E-state index in [1.807, 2.05) is 32.0 Å². The molecule has 0 aliphatic rings. The Morgan fingerprint density at radius 3 is 2.36 bits per heavy atom. The van der Waals surface area contributed by atoms with Crippen LogP contribution in [0.4, 0.5) is 21.0 Å². The molecule has 0 aliphatic heterocycles. The molecule has 0 saturated carbocycles. The number of para-hydroxylation sites is 1. The van der Waals surface area contributed by atoms with Crippen LogP contribution in [0.5, 0.6) is 5.88 Å². The minimum atomic E-state index is -0.563. The van der Waals surface area contributed by atoms with Crippen LogP contribution in [-0.2, 0) is 0 Å². The van der Waals surface area contributed by atoms with Crippen LogP contribution in [0.15, 0.2) is 48.7 Å². The van der Waals surface area contributed by atoms with E-state index in [9.17, 15) is 9.59 Å². The van der Waals surface area contributed by atoms with E-state index in [0.29, 0.717) is 11.4 Å². The Morgan fingerprint density at radius 1 is 1.12 bits per heavy atom. The van der Waals surface area contributed by atoms with Crippen molar-refractivity contribution in [1.82, 2.24) is 10.3 Å². The summed E-state index contributed by atoms with van der Waals surface area (Å²) in [4.78, 5) is 29.4. The van der Waals surface area contributed by atoms with E-state index >= 15 is 0 Å². The lowest BCUT2D eigenvalue weighted by Crippen LogP contribution is -2.38. The van der Waals surface area contributed by atoms with Crippen LogP contribution >= 0.6 is 12.8 Å². The number of rotatable bonds is 4. The lowest BCUT2D eigenvalue weighted by atomic mass is 10.3. The molecule has 1 heterocycles. The number of amides is 3. The quantitative estimate of drug-likeness (QED) is 0.819. The normalized spacial score (nSPS) is 10.3. The number of nitrogens with zero attached hydrogens (tertiary/aromatic N) is 3. The number of carbonyl (C=O) groups is 2. The van der Waals surface area contributed by atoms with E-state index in [0.717, 1.165) is 4.31 Å². The summed E-state index contributed by atoms with van der Waals surface area (Å²) in [5, 5.41) is 2.71. The fourth-order valence-electron chi connectivity index (χ4n) is 1.90. The molecule has 25 heavy (non-hydrogen) atoms. The number of benzene rings is 1. The first-order valence-electron chi connectivity index (χ1n) is 7.64. The number of urea groups is 1. The number of thiol groups is 1. The third kappa shape index (κ3) is 5.12. The van der Waals surface area contributed by atoms with E-state index < -0.39 is 6.09 Å². The number of hydrogen-bond donors (Lipinski definition) is 2. The van der Waals surface area contributed by atoms with Crippen LogP contribution < -0.4 is 19.3 Å². The molecule has 1 aromatic carbocycles. The maximum atomic E-state index is 12.1. The molecule has 2 aromatic rings. The molecule has 7 nitrogen and oxygen atoms in total. The highest BCUT2D eigenvalue weighted by Gasteiger charge is 2.16. The van der Waals surface area contributed by atoms with Gasteiger partial charge in [-0.2, -0.15) is 0 Å². The number of ether oxygens (including phenoxy) is 1. The van der Waals surface area contributed by atoms with Gasteiger partial charge in [-0.3, -0.25) is 4.90 Å². The van der Waals surface area contributed by atoms with Crippen LogP contribution in [-0.4, -0.2) is 30.2 Å². The lowest BCUT2D eigenvalue weighted by Gasteiger charge is -2.19. The average Bonchev–Trinajstić information content (AvgIpc) is 2.61. The Balaban J connectivity index is 2.00. The first-order chi connectivity index (χ1) is 11.9. The maximum absolute atomic E-state index is 12.1. The minimum absolute atomic E-state index is 0.0103. The smallest absolute Gasteiger partial charge is 0.391 e. The van der Waals surface area contributed by atoms with Crippen molar-refractivity contribution in [3.8, 4) is 5.88 Å². The standard InChI is InChI=1S/C17H20N4O3S/c1-12(2)19-16(22)21(25)14-9-10-15(18-11-14)24-17(23)20(3)13-7-5-4-6-8-13/h4-12,25H,1-3H3,(H,19,22). The van der Waals surface area contributed by atoms with Gasteiger partial charge in [0.25, 0.3) is 0 Å². The second-order valence-corrected chi connectivity index (χ2v) is 5.93. The molecule has 8 heteroatoms. The van der Waals surface area contributed by atoms with E-state index in [1.54, 1.807) is 25.2 Å². The molecule has 0 unspecified atom stereocenters. The van der Waals surface area contributed by atoms with Crippen molar-refractivity contribution in [1.29, 1.82) is 0 Å². The van der Waals surface area contributed by atoms with Crippen molar-refractivity contribution in [2.45, 2.75) is 19.9 Å². The van der Waals surface area contributed by atoms with Gasteiger partial charge in [-0.05, 0) is 32.0 Å². The summed E-state index contributed by atoms with van der Waals surface area (Å²) >= 11 is 4.14. The molecular weight excluding hydrogens is 340 g/mol. The summed E-state index contributed by atoms with van der Waals surface area (Å²) in [5.41, 5.74) is 1.16. The number of anilines is 2.